The molecule has 0 saturated carbocycles. The molecule has 0 aliphatic rings. The Morgan fingerprint density at radius 1 is 1.35 bits per heavy atom. The molecule has 6 heteroatoms. The van der Waals surface area contributed by atoms with E-state index in [0.29, 0.717) is 5.69 Å². The van der Waals surface area contributed by atoms with Crippen LogP contribution in [0.1, 0.15) is 10.4 Å². The van der Waals surface area contributed by atoms with Crippen LogP contribution in [-0.4, -0.2) is 34.6 Å². The van der Waals surface area contributed by atoms with Crippen LogP contribution in [-0.2, 0) is 11.3 Å². The molecule has 0 aliphatic carbocycles. The van der Waals surface area contributed by atoms with E-state index < -0.39 is 11.5 Å². The maximum Gasteiger partial charge on any atom is 0.341 e. The molecule has 0 fully saturated rings. The molecular weight excluding hydrogens is 260 g/mol. The molecule has 1 aromatic heterocycles. The number of benzene rings is 1. The van der Waals surface area contributed by atoms with Gasteiger partial charge in [0.15, 0.2) is 0 Å². The molecule has 0 radical (unpaired) electrons. The number of ether oxygens (including phenoxy) is 1. The monoisotopic (exact) mass is 274 g/mol. The van der Waals surface area contributed by atoms with Crippen molar-refractivity contribution < 1.29 is 14.6 Å². The van der Waals surface area contributed by atoms with Crippen LogP contribution in [0.15, 0.2) is 41.2 Å². The van der Waals surface area contributed by atoms with Gasteiger partial charge < -0.3 is 9.84 Å². The summed E-state index contributed by atoms with van der Waals surface area (Å²) in [5.74, 6) is -1.26. The third-order valence-corrected chi connectivity index (χ3v) is 2.78. The van der Waals surface area contributed by atoms with Crippen LogP contribution in [0.2, 0.25) is 0 Å². The molecule has 0 spiro atoms. The van der Waals surface area contributed by atoms with Gasteiger partial charge in [-0.1, -0.05) is 30.3 Å². The minimum atomic E-state index is -1.26. The highest BCUT2D eigenvalue weighted by atomic mass is 16.5. The first kappa shape index (κ1) is 14.0. The van der Waals surface area contributed by atoms with Crippen LogP contribution >= 0.6 is 0 Å². The van der Waals surface area contributed by atoms with Crippen LogP contribution in [0, 0.1) is 0 Å². The van der Waals surface area contributed by atoms with Gasteiger partial charge in [-0.15, -0.1) is 0 Å². The normalized spacial score (nSPS) is 10.4. The molecule has 20 heavy (non-hydrogen) atoms. The first-order chi connectivity index (χ1) is 9.63. The van der Waals surface area contributed by atoms with Crippen LogP contribution in [0.3, 0.4) is 0 Å². The number of carbonyl (C=O) groups is 1. The quantitative estimate of drug-likeness (QED) is 0.887. The van der Waals surface area contributed by atoms with Crippen molar-refractivity contribution in [2.24, 2.45) is 0 Å². The Hall–Kier alpha value is -2.47. The number of carboxylic acids is 1. The summed E-state index contributed by atoms with van der Waals surface area (Å²) < 4.78 is 6.02. The lowest BCUT2D eigenvalue weighted by Gasteiger charge is -2.08. The van der Waals surface area contributed by atoms with Crippen molar-refractivity contribution in [3.8, 4) is 11.3 Å². The molecule has 104 valence electrons. The Kier molecular flexibility index (Phi) is 4.27. The standard InChI is InChI=1S/C14H14N2O4/c1-20-8-7-16-13(17)11(14(18)19)9-12(15-16)10-5-3-2-4-6-10/h2-6,9H,7-8H2,1H3,(H,18,19). The second-order valence-corrected chi connectivity index (χ2v) is 4.14. The van der Waals surface area contributed by atoms with Crippen LogP contribution < -0.4 is 5.56 Å². The zero-order chi connectivity index (χ0) is 14.5. The van der Waals surface area contributed by atoms with E-state index in [4.69, 9.17) is 9.84 Å². The highest BCUT2D eigenvalue weighted by Gasteiger charge is 2.15. The third kappa shape index (κ3) is 2.92. The smallest absolute Gasteiger partial charge is 0.341 e. The Labute approximate surface area is 115 Å². The van der Waals surface area contributed by atoms with E-state index in [1.165, 1.54) is 13.2 Å². The molecule has 0 amide bonds. The lowest BCUT2D eigenvalue weighted by Crippen LogP contribution is -2.30. The Bertz CT molecular complexity index is 665. The molecule has 2 aromatic rings. The van der Waals surface area contributed by atoms with Crippen LogP contribution in [0.4, 0.5) is 0 Å². The van der Waals surface area contributed by atoms with E-state index in [2.05, 4.69) is 5.10 Å². The van der Waals surface area contributed by atoms with Gasteiger partial charge in [0.2, 0.25) is 0 Å². The van der Waals surface area contributed by atoms with E-state index >= 15 is 0 Å². The average molecular weight is 274 g/mol. The van der Waals surface area contributed by atoms with Crippen LogP contribution in [0.5, 0.6) is 0 Å². The van der Waals surface area contributed by atoms with Gasteiger partial charge in [0.05, 0.1) is 18.8 Å². The van der Waals surface area contributed by atoms with Crippen molar-refractivity contribution in [2.75, 3.05) is 13.7 Å². The minimum absolute atomic E-state index is 0.205. The highest BCUT2D eigenvalue weighted by Crippen LogP contribution is 2.15. The Morgan fingerprint density at radius 3 is 2.65 bits per heavy atom. The lowest BCUT2D eigenvalue weighted by atomic mass is 10.1. The maximum atomic E-state index is 12.0. The molecule has 1 N–H and O–H groups in total. The Morgan fingerprint density at radius 2 is 2.05 bits per heavy atom. The van der Waals surface area contributed by atoms with Crippen LogP contribution in [0.25, 0.3) is 11.3 Å². The highest BCUT2D eigenvalue weighted by molar-refractivity contribution is 5.88. The summed E-state index contributed by atoms with van der Waals surface area (Å²) in [6, 6.07) is 10.4. The predicted octanol–water partition coefficient (Wildman–Crippen LogP) is 1.25. The number of methoxy groups -OCH3 is 1. The third-order valence-electron chi connectivity index (χ3n) is 2.78. The first-order valence-electron chi connectivity index (χ1n) is 6.03. The van der Waals surface area contributed by atoms with E-state index in [0.717, 1.165) is 10.2 Å². The summed E-state index contributed by atoms with van der Waals surface area (Å²) in [6.07, 6.45) is 0. The largest absolute Gasteiger partial charge is 0.477 e. The maximum absolute atomic E-state index is 12.0. The van der Waals surface area contributed by atoms with E-state index in [1.54, 1.807) is 12.1 Å². The number of aromatic nitrogens is 2. The van der Waals surface area contributed by atoms with Crippen molar-refractivity contribution >= 4 is 5.97 Å². The van der Waals surface area contributed by atoms with Gasteiger partial charge in [-0.3, -0.25) is 4.79 Å². The molecule has 0 atom stereocenters. The van der Waals surface area contributed by atoms with Crippen molar-refractivity contribution in [2.45, 2.75) is 6.54 Å². The molecule has 1 heterocycles. The van der Waals surface area contributed by atoms with Gasteiger partial charge in [0.25, 0.3) is 5.56 Å². The number of hydrogen-bond donors (Lipinski definition) is 1. The molecule has 2 rings (SSSR count). The summed E-state index contributed by atoms with van der Waals surface area (Å²) in [4.78, 5) is 23.1. The average Bonchev–Trinajstić information content (AvgIpc) is 2.46. The molecule has 6 nitrogen and oxygen atoms in total. The van der Waals surface area contributed by atoms with Gasteiger partial charge in [-0.25, -0.2) is 9.48 Å². The molecule has 0 unspecified atom stereocenters. The molecule has 0 bridgehead atoms. The summed E-state index contributed by atoms with van der Waals surface area (Å²) in [5, 5.41) is 13.3. The Balaban J connectivity index is 2.56. The molecule has 0 saturated heterocycles. The summed E-state index contributed by atoms with van der Waals surface area (Å²) in [6.45, 7) is 0.487. The summed E-state index contributed by atoms with van der Waals surface area (Å²) >= 11 is 0. The van der Waals surface area contributed by atoms with Gasteiger partial charge in [-0.2, -0.15) is 5.10 Å². The fourth-order valence-electron chi connectivity index (χ4n) is 1.77. The van der Waals surface area contributed by atoms with E-state index in [-0.39, 0.29) is 18.7 Å². The van der Waals surface area contributed by atoms with E-state index in [1.807, 2.05) is 18.2 Å². The molecular formula is C14H14N2O4. The number of rotatable bonds is 5. The van der Waals surface area contributed by atoms with Gasteiger partial charge >= 0.3 is 5.97 Å². The summed E-state index contributed by atoms with van der Waals surface area (Å²) in [5.41, 5.74) is 0.268. The van der Waals surface area contributed by atoms with E-state index in [9.17, 15) is 9.59 Å². The topological polar surface area (TPSA) is 81.4 Å². The fourth-order valence-corrected chi connectivity index (χ4v) is 1.77. The number of nitrogens with zero attached hydrogens (tertiary/aromatic N) is 2. The minimum Gasteiger partial charge on any atom is -0.477 e. The fraction of sp³-hybridized carbons (Fsp3) is 0.214. The SMILES string of the molecule is COCCn1nc(-c2ccccc2)cc(C(=O)O)c1=O. The van der Waals surface area contributed by atoms with Gasteiger partial charge in [0.1, 0.15) is 5.56 Å². The summed E-state index contributed by atoms with van der Waals surface area (Å²) in [7, 11) is 1.50. The predicted molar refractivity (Wildman–Crippen MR) is 72.8 cm³/mol. The second kappa shape index (κ2) is 6.12. The lowest BCUT2D eigenvalue weighted by molar-refractivity contribution is 0.0693. The molecule has 0 aliphatic heterocycles. The number of hydrogen-bond acceptors (Lipinski definition) is 4. The number of aromatic carboxylic acids is 1. The van der Waals surface area contributed by atoms with Crippen molar-refractivity contribution in [1.29, 1.82) is 0 Å². The zero-order valence-corrected chi connectivity index (χ0v) is 10.9. The second-order valence-electron chi connectivity index (χ2n) is 4.14. The molecule has 1 aromatic carbocycles. The first-order valence-corrected chi connectivity index (χ1v) is 6.03. The van der Waals surface area contributed by atoms with Gasteiger partial charge in [0, 0.05) is 12.7 Å². The van der Waals surface area contributed by atoms with Crippen molar-refractivity contribution in [3.63, 3.8) is 0 Å². The zero-order valence-electron chi connectivity index (χ0n) is 10.9. The number of carboxylic acid groups (broad SMARTS) is 1. The van der Waals surface area contributed by atoms with Crippen molar-refractivity contribution in [3.05, 3.63) is 52.3 Å². The van der Waals surface area contributed by atoms with Crippen molar-refractivity contribution in [1.82, 2.24) is 9.78 Å². The van der Waals surface area contributed by atoms with Gasteiger partial charge in [-0.05, 0) is 6.07 Å².